The third-order valence-corrected chi connectivity index (χ3v) is 3.48. The van der Waals surface area contributed by atoms with Crippen LogP contribution >= 0.6 is 11.6 Å². The van der Waals surface area contributed by atoms with Crippen LogP contribution in [0.1, 0.15) is 39.5 Å². The first-order chi connectivity index (χ1) is 7.19. The zero-order valence-electron chi connectivity index (χ0n) is 9.84. The quantitative estimate of drug-likeness (QED) is 0.667. The Hall–Kier alpha value is -0.240. The fraction of sp³-hybridized carbons (Fsp3) is 0.917. The van der Waals surface area contributed by atoms with E-state index < -0.39 is 0 Å². The average Bonchev–Trinajstić information content (AvgIpc) is 2.66. The van der Waals surface area contributed by atoms with Crippen LogP contribution in [0.3, 0.4) is 0 Å². The first-order valence-corrected chi connectivity index (χ1v) is 6.57. The van der Waals surface area contributed by atoms with Crippen LogP contribution in [0.15, 0.2) is 0 Å². The smallest absolute Gasteiger partial charge is 0.225 e. The molecule has 1 heterocycles. The second-order valence-electron chi connectivity index (χ2n) is 4.61. The third-order valence-electron chi connectivity index (χ3n) is 3.26. The molecule has 1 saturated heterocycles. The van der Waals surface area contributed by atoms with Crippen molar-refractivity contribution in [3.63, 3.8) is 0 Å². The van der Waals surface area contributed by atoms with Crippen molar-refractivity contribution in [3.8, 4) is 0 Å². The van der Waals surface area contributed by atoms with Crippen LogP contribution in [-0.2, 0) is 4.79 Å². The molecule has 2 unspecified atom stereocenters. The number of hydrogen-bond acceptors (Lipinski definition) is 1. The van der Waals surface area contributed by atoms with Crippen LogP contribution in [0, 0.1) is 11.8 Å². The lowest BCUT2D eigenvalue weighted by atomic mass is 10.0. The molecule has 3 heteroatoms. The molecule has 2 nitrogen and oxygen atoms in total. The fourth-order valence-electron chi connectivity index (χ4n) is 2.29. The number of likely N-dealkylation sites (tertiary alicyclic amines) is 1. The molecule has 0 spiro atoms. The van der Waals surface area contributed by atoms with Gasteiger partial charge in [0.15, 0.2) is 0 Å². The molecule has 15 heavy (non-hydrogen) atoms. The van der Waals surface area contributed by atoms with E-state index in [1.54, 1.807) is 0 Å². The number of amides is 1. The maximum atomic E-state index is 12.0. The predicted molar refractivity (Wildman–Crippen MR) is 64.1 cm³/mol. The molecule has 0 saturated carbocycles. The lowest BCUT2D eigenvalue weighted by Crippen LogP contribution is -2.33. The van der Waals surface area contributed by atoms with Gasteiger partial charge in [0.1, 0.15) is 0 Å². The van der Waals surface area contributed by atoms with E-state index in [1.165, 1.54) is 0 Å². The van der Waals surface area contributed by atoms with Crippen molar-refractivity contribution in [1.82, 2.24) is 4.90 Å². The predicted octanol–water partition coefficient (Wildman–Crippen LogP) is 2.90. The van der Waals surface area contributed by atoms with Gasteiger partial charge >= 0.3 is 0 Å². The lowest BCUT2D eigenvalue weighted by molar-refractivity contribution is -0.134. The first kappa shape index (κ1) is 12.8. The zero-order chi connectivity index (χ0) is 11.3. The number of hydrogen-bond donors (Lipinski definition) is 0. The van der Waals surface area contributed by atoms with Gasteiger partial charge in [0, 0.05) is 24.9 Å². The minimum Gasteiger partial charge on any atom is -0.342 e. The summed E-state index contributed by atoms with van der Waals surface area (Å²) >= 11 is 5.72. The summed E-state index contributed by atoms with van der Waals surface area (Å²) in [4.78, 5) is 14.0. The van der Waals surface area contributed by atoms with E-state index in [1.807, 2.05) is 11.8 Å². The van der Waals surface area contributed by atoms with Crippen LogP contribution in [-0.4, -0.2) is 29.8 Å². The molecule has 0 aromatic heterocycles. The molecule has 0 aromatic rings. The van der Waals surface area contributed by atoms with E-state index in [2.05, 4.69) is 6.92 Å². The Morgan fingerprint density at radius 3 is 2.93 bits per heavy atom. The largest absolute Gasteiger partial charge is 0.342 e. The number of rotatable bonds is 5. The zero-order valence-corrected chi connectivity index (χ0v) is 10.6. The lowest BCUT2D eigenvalue weighted by Gasteiger charge is -2.20. The summed E-state index contributed by atoms with van der Waals surface area (Å²) in [5.41, 5.74) is 0. The molecule has 0 N–H and O–H groups in total. The van der Waals surface area contributed by atoms with E-state index in [9.17, 15) is 4.79 Å². The van der Waals surface area contributed by atoms with E-state index >= 15 is 0 Å². The number of alkyl halides is 1. The summed E-state index contributed by atoms with van der Waals surface area (Å²) in [6.07, 6.45) is 4.28. The Kier molecular flexibility index (Phi) is 5.44. The number of carbonyl (C=O) groups excluding carboxylic acids is 1. The van der Waals surface area contributed by atoms with E-state index in [4.69, 9.17) is 11.6 Å². The molecular formula is C12H22ClNO. The fourth-order valence-corrected chi connectivity index (χ4v) is 2.60. The molecule has 0 aromatic carbocycles. The summed E-state index contributed by atoms with van der Waals surface area (Å²) in [5, 5.41) is 0. The van der Waals surface area contributed by atoms with Crippen molar-refractivity contribution in [2.75, 3.05) is 19.0 Å². The second kappa shape index (κ2) is 6.37. The number of carbonyl (C=O) groups is 1. The van der Waals surface area contributed by atoms with Gasteiger partial charge in [-0.1, -0.05) is 20.3 Å². The van der Waals surface area contributed by atoms with Crippen LogP contribution in [0.4, 0.5) is 0 Å². The minimum absolute atomic E-state index is 0.199. The highest BCUT2D eigenvalue weighted by atomic mass is 35.5. The third kappa shape index (κ3) is 3.67. The van der Waals surface area contributed by atoms with Crippen LogP contribution in [0.2, 0.25) is 0 Å². The molecule has 2 atom stereocenters. The van der Waals surface area contributed by atoms with Gasteiger partial charge in [-0.3, -0.25) is 4.79 Å². The summed E-state index contributed by atoms with van der Waals surface area (Å²) in [6.45, 7) is 6.04. The van der Waals surface area contributed by atoms with Crippen LogP contribution in [0.5, 0.6) is 0 Å². The van der Waals surface area contributed by atoms with Gasteiger partial charge in [-0.2, -0.15) is 0 Å². The summed E-state index contributed by atoms with van der Waals surface area (Å²) < 4.78 is 0. The Morgan fingerprint density at radius 1 is 1.60 bits per heavy atom. The van der Waals surface area contributed by atoms with Gasteiger partial charge in [0.25, 0.3) is 0 Å². The van der Waals surface area contributed by atoms with Gasteiger partial charge in [0.2, 0.25) is 5.91 Å². The Balaban J connectivity index is 2.35. The normalized spacial score (nSPS) is 23.1. The summed E-state index contributed by atoms with van der Waals surface area (Å²) in [7, 11) is 0. The number of halogens is 1. The van der Waals surface area contributed by atoms with Gasteiger partial charge in [-0.05, 0) is 25.2 Å². The van der Waals surface area contributed by atoms with Gasteiger partial charge in [-0.25, -0.2) is 0 Å². The molecule has 0 radical (unpaired) electrons. The standard InChI is InChI=1S/C12H22ClNO/c1-3-4-10(2)12(15)14-8-6-11(9-14)5-7-13/h10-11H,3-9H2,1-2H3. The topological polar surface area (TPSA) is 20.3 Å². The molecule has 0 bridgehead atoms. The second-order valence-corrected chi connectivity index (χ2v) is 4.98. The van der Waals surface area contributed by atoms with E-state index in [0.717, 1.165) is 44.7 Å². The van der Waals surface area contributed by atoms with E-state index in [0.29, 0.717) is 11.8 Å². The summed E-state index contributed by atoms with van der Waals surface area (Å²) in [5.74, 6) is 1.90. The molecule has 1 fully saturated rings. The summed E-state index contributed by atoms with van der Waals surface area (Å²) in [6, 6.07) is 0. The van der Waals surface area contributed by atoms with Crippen molar-refractivity contribution in [2.24, 2.45) is 11.8 Å². The molecule has 0 aliphatic carbocycles. The maximum absolute atomic E-state index is 12.0. The van der Waals surface area contributed by atoms with Crippen molar-refractivity contribution >= 4 is 17.5 Å². The monoisotopic (exact) mass is 231 g/mol. The SMILES string of the molecule is CCCC(C)C(=O)N1CCC(CCCl)C1. The minimum atomic E-state index is 0.199. The Morgan fingerprint density at radius 2 is 2.33 bits per heavy atom. The Bertz CT molecular complexity index is 208. The van der Waals surface area contributed by atoms with Crippen LogP contribution < -0.4 is 0 Å². The molecule has 1 rings (SSSR count). The number of nitrogens with zero attached hydrogens (tertiary/aromatic N) is 1. The van der Waals surface area contributed by atoms with Gasteiger partial charge < -0.3 is 4.90 Å². The highest BCUT2D eigenvalue weighted by Crippen LogP contribution is 2.22. The average molecular weight is 232 g/mol. The highest BCUT2D eigenvalue weighted by Gasteiger charge is 2.27. The van der Waals surface area contributed by atoms with Crippen LogP contribution in [0.25, 0.3) is 0 Å². The molecule has 1 aliphatic heterocycles. The van der Waals surface area contributed by atoms with E-state index in [-0.39, 0.29) is 5.92 Å². The van der Waals surface area contributed by atoms with Gasteiger partial charge in [-0.15, -0.1) is 11.6 Å². The molecule has 88 valence electrons. The molecule has 1 aliphatic rings. The molecule has 1 amide bonds. The first-order valence-electron chi connectivity index (χ1n) is 6.03. The van der Waals surface area contributed by atoms with Gasteiger partial charge in [0.05, 0.1) is 0 Å². The van der Waals surface area contributed by atoms with Crippen molar-refractivity contribution < 1.29 is 4.79 Å². The van der Waals surface area contributed by atoms with Crippen molar-refractivity contribution in [2.45, 2.75) is 39.5 Å². The van der Waals surface area contributed by atoms with Crippen molar-refractivity contribution in [3.05, 3.63) is 0 Å². The molecular weight excluding hydrogens is 210 g/mol. The maximum Gasteiger partial charge on any atom is 0.225 e. The van der Waals surface area contributed by atoms with Crippen molar-refractivity contribution in [1.29, 1.82) is 0 Å². The Labute approximate surface area is 98.0 Å². The highest BCUT2D eigenvalue weighted by molar-refractivity contribution is 6.17.